The minimum absolute atomic E-state index is 0.00953. The first-order valence-electron chi connectivity index (χ1n) is 26.1. The van der Waals surface area contributed by atoms with Gasteiger partial charge in [-0.25, -0.2) is 0 Å². The van der Waals surface area contributed by atoms with E-state index in [1.807, 2.05) is 0 Å². The molecule has 1 amide bonds. The van der Waals surface area contributed by atoms with Crippen LogP contribution in [-0.4, -0.2) is 47.4 Å². The summed E-state index contributed by atoms with van der Waals surface area (Å²) in [7, 11) is 0. The highest BCUT2D eigenvalue weighted by atomic mass is 16.5. The van der Waals surface area contributed by atoms with Gasteiger partial charge in [0.25, 0.3) is 0 Å². The number of esters is 1. The highest BCUT2D eigenvalue weighted by Gasteiger charge is 2.20. The van der Waals surface area contributed by atoms with E-state index in [2.05, 4.69) is 43.5 Å². The molecular formula is C53H101NO5. The van der Waals surface area contributed by atoms with Crippen LogP contribution in [0.5, 0.6) is 0 Å². The number of amides is 1. The van der Waals surface area contributed by atoms with E-state index >= 15 is 0 Å². The predicted octanol–water partition coefficient (Wildman–Crippen LogP) is 15.5. The van der Waals surface area contributed by atoms with Gasteiger partial charge in [0, 0.05) is 12.8 Å². The fraction of sp³-hybridized carbons (Fsp3) is 0.887. The van der Waals surface area contributed by atoms with Gasteiger partial charge in [0.15, 0.2) is 0 Å². The summed E-state index contributed by atoms with van der Waals surface area (Å²) in [6, 6.07) is -0.544. The summed E-state index contributed by atoms with van der Waals surface area (Å²) in [5, 5.41) is 23.1. The average molecular weight is 832 g/mol. The zero-order valence-corrected chi connectivity index (χ0v) is 39.5. The van der Waals surface area contributed by atoms with Gasteiger partial charge in [-0.3, -0.25) is 9.59 Å². The topological polar surface area (TPSA) is 95.9 Å². The lowest BCUT2D eigenvalue weighted by molar-refractivity contribution is -0.143. The minimum Gasteiger partial charge on any atom is -0.466 e. The maximum Gasteiger partial charge on any atom is 0.305 e. The van der Waals surface area contributed by atoms with Gasteiger partial charge in [-0.15, -0.1) is 0 Å². The molecule has 0 fully saturated rings. The first-order valence-corrected chi connectivity index (χ1v) is 26.1. The highest BCUT2D eigenvalue weighted by Crippen LogP contribution is 2.16. The van der Waals surface area contributed by atoms with Gasteiger partial charge in [0.05, 0.1) is 25.4 Å². The molecule has 3 N–H and O–H groups in total. The van der Waals surface area contributed by atoms with Crippen molar-refractivity contribution in [2.45, 2.75) is 289 Å². The number of ether oxygens (including phenoxy) is 1. The fourth-order valence-electron chi connectivity index (χ4n) is 7.95. The fourth-order valence-corrected chi connectivity index (χ4v) is 7.95. The lowest BCUT2D eigenvalue weighted by Crippen LogP contribution is -2.45. The molecule has 0 rings (SSSR count). The Bertz CT molecular complexity index is 920. The third-order valence-corrected chi connectivity index (χ3v) is 12.0. The van der Waals surface area contributed by atoms with Crippen molar-refractivity contribution in [1.82, 2.24) is 5.32 Å². The van der Waals surface area contributed by atoms with Crippen LogP contribution < -0.4 is 5.32 Å². The van der Waals surface area contributed by atoms with Gasteiger partial charge in [-0.05, 0) is 51.4 Å². The van der Waals surface area contributed by atoms with Gasteiger partial charge in [-0.2, -0.15) is 0 Å². The molecule has 2 atom stereocenters. The van der Waals surface area contributed by atoms with Crippen molar-refractivity contribution in [3.05, 3.63) is 24.3 Å². The third-order valence-electron chi connectivity index (χ3n) is 12.0. The Morgan fingerprint density at radius 2 is 0.864 bits per heavy atom. The van der Waals surface area contributed by atoms with Crippen molar-refractivity contribution in [1.29, 1.82) is 0 Å². The normalized spacial score (nSPS) is 12.8. The van der Waals surface area contributed by atoms with Crippen molar-refractivity contribution >= 4 is 11.9 Å². The number of carbonyl (C=O) groups excluding carboxylic acids is 2. The summed E-state index contributed by atoms with van der Waals surface area (Å²) in [6.07, 6.45) is 57.2. The maximum atomic E-state index is 12.4. The van der Waals surface area contributed by atoms with Crippen LogP contribution in [-0.2, 0) is 14.3 Å². The lowest BCUT2D eigenvalue weighted by atomic mass is 10.0. The predicted molar refractivity (Wildman–Crippen MR) is 255 cm³/mol. The standard InChI is InChI=1S/C53H101NO5/c1-3-5-7-9-11-13-15-16-23-27-31-35-39-43-47-53(58)59-48-44-40-36-32-28-24-21-19-17-18-20-22-26-30-34-38-42-46-52(57)54-50(49-55)51(56)45-41-37-33-29-25-14-12-10-8-6-4-2/h9,11,15-16,50-51,55-56H,3-8,10,12-14,17-49H2,1-2H3,(H,54,57)/b11-9-,16-15-. The number of aliphatic hydroxyl groups is 2. The molecule has 0 saturated carbocycles. The molecule has 0 aliphatic rings. The van der Waals surface area contributed by atoms with E-state index in [1.54, 1.807) is 0 Å². The monoisotopic (exact) mass is 832 g/mol. The second-order valence-electron chi connectivity index (χ2n) is 17.9. The lowest BCUT2D eigenvalue weighted by Gasteiger charge is -2.22. The Labute approximate surface area is 367 Å². The smallest absolute Gasteiger partial charge is 0.305 e. The van der Waals surface area contributed by atoms with Crippen molar-refractivity contribution in [2.24, 2.45) is 0 Å². The number of carbonyl (C=O) groups is 2. The highest BCUT2D eigenvalue weighted by molar-refractivity contribution is 5.76. The van der Waals surface area contributed by atoms with Crippen LogP contribution >= 0.6 is 0 Å². The van der Waals surface area contributed by atoms with Gasteiger partial charge in [0.1, 0.15) is 0 Å². The molecule has 0 aromatic heterocycles. The number of rotatable bonds is 48. The first kappa shape index (κ1) is 57.3. The Hall–Kier alpha value is -1.66. The van der Waals surface area contributed by atoms with Crippen LogP contribution in [0.4, 0.5) is 0 Å². The second-order valence-corrected chi connectivity index (χ2v) is 17.9. The molecule has 0 aliphatic heterocycles. The summed E-state index contributed by atoms with van der Waals surface area (Å²) in [5.41, 5.74) is 0. The Morgan fingerprint density at radius 1 is 0.475 bits per heavy atom. The molecule has 0 saturated heterocycles. The second kappa shape index (κ2) is 49.0. The summed E-state index contributed by atoms with van der Waals surface area (Å²) in [5.74, 6) is -0.0514. The molecule has 0 aromatic carbocycles. The SMILES string of the molecule is CCCC/C=C\C/C=C\CCCCCCCC(=O)OCCCCCCCCCCCCCCCCCCCC(=O)NC(CO)C(O)CCCCCCCCCCCCC. The Morgan fingerprint density at radius 3 is 1.34 bits per heavy atom. The molecule has 59 heavy (non-hydrogen) atoms. The molecule has 0 bridgehead atoms. The van der Waals surface area contributed by atoms with Crippen molar-refractivity contribution in [2.75, 3.05) is 13.2 Å². The van der Waals surface area contributed by atoms with Crippen molar-refractivity contribution in [3.63, 3.8) is 0 Å². The largest absolute Gasteiger partial charge is 0.466 e. The van der Waals surface area contributed by atoms with E-state index < -0.39 is 12.1 Å². The van der Waals surface area contributed by atoms with Crippen LogP contribution in [0.2, 0.25) is 0 Å². The van der Waals surface area contributed by atoms with Gasteiger partial charge in [0.2, 0.25) is 5.91 Å². The number of nitrogens with one attached hydrogen (secondary N) is 1. The van der Waals surface area contributed by atoms with Gasteiger partial charge in [-0.1, -0.05) is 237 Å². The quantitative estimate of drug-likeness (QED) is 0.0322. The van der Waals surface area contributed by atoms with Crippen LogP contribution in [0.15, 0.2) is 24.3 Å². The molecular weight excluding hydrogens is 731 g/mol. The van der Waals surface area contributed by atoms with E-state index in [0.29, 0.717) is 25.9 Å². The minimum atomic E-state index is -0.666. The van der Waals surface area contributed by atoms with E-state index in [-0.39, 0.29) is 18.5 Å². The van der Waals surface area contributed by atoms with Crippen LogP contribution in [0.3, 0.4) is 0 Å². The summed E-state index contributed by atoms with van der Waals surface area (Å²) in [6.45, 7) is 4.88. The summed E-state index contributed by atoms with van der Waals surface area (Å²) >= 11 is 0. The number of aliphatic hydroxyl groups excluding tert-OH is 2. The number of allylic oxidation sites excluding steroid dienone is 4. The molecule has 0 aliphatic carbocycles. The third kappa shape index (κ3) is 45.7. The van der Waals surface area contributed by atoms with Crippen molar-refractivity contribution < 1.29 is 24.5 Å². The zero-order valence-electron chi connectivity index (χ0n) is 39.5. The Kier molecular flexibility index (Phi) is 47.6. The van der Waals surface area contributed by atoms with Gasteiger partial charge >= 0.3 is 5.97 Å². The number of unbranched alkanes of at least 4 members (excludes halogenated alkanes) is 33. The van der Waals surface area contributed by atoms with Crippen molar-refractivity contribution in [3.8, 4) is 0 Å². The van der Waals surface area contributed by atoms with Crippen LogP contribution in [0, 0.1) is 0 Å². The molecule has 348 valence electrons. The molecule has 0 radical (unpaired) electrons. The van der Waals surface area contributed by atoms with E-state index in [1.165, 1.54) is 193 Å². The molecule has 0 heterocycles. The van der Waals surface area contributed by atoms with E-state index in [9.17, 15) is 19.8 Å². The molecule has 0 aromatic rings. The summed E-state index contributed by atoms with van der Waals surface area (Å²) < 4.78 is 5.46. The van der Waals surface area contributed by atoms with Crippen LogP contribution in [0.25, 0.3) is 0 Å². The number of hydrogen-bond acceptors (Lipinski definition) is 5. The van der Waals surface area contributed by atoms with E-state index in [0.717, 1.165) is 51.4 Å². The molecule has 0 spiro atoms. The number of hydrogen-bond donors (Lipinski definition) is 3. The molecule has 2 unspecified atom stereocenters. The zero-order chi connectivity index (χ0) is 43.0. The summed E-state index contributed by atoms with van der Waals surface area (Å²) in [4.78, 5) is 24.4. The van der Waals surface area contributed by atoms with E-state index in [4.69, 9.17) is 4.74 Å². The Balaban J connectivity index is 3.41. The molecule has 6 nitrogen and oxygen atoms in total. The average Bonchev–Trinajstić information content (AvgIpc) is 3.24. The van der Waals surface area contributed by atoms with Gasteiger partial charge < -0.3 is 20.3 Å². The first-order chi connectivity index (χ1) is 29.0. The maximum absolute atomic E-state index is 12.4. The molecule has 6 heteroatoms. The van der Waals surface area contributed by atoms with Crippen LogP contribution in [0.1, 0.15) is 277 Å².